The summed E-state index contributed by atoms with van der Waals surface area (Å²) in [6.07, 6.45) is 1.62. The number of carbonyl (C=O) groups is 2. The summed E-state index contributed by atoms with van der Waals surface area (Å²) >= 11 is 0. The Morgan fingerprint density at radius 3 is 2.58 bits per heavy atom. The van der Waals surface area contributed by atoms with Gasteiger partial charge in [-0.1, -0.05) is 32.0 Å². The van der Waals surface area contributed by atoms with Crippen molar-refractivity contribution in [2.45, 2.75) is 32.7 Å². The van der Waals surface area contributed by atoms with E-state index >= 15 is 0 Å². The van der Waals surface area contributed by atoms with Crippen molar-refractivity contribution in [1.82, 2.24) is 9.80 Å². The van der Waals surface area contributed by atoms with E-state index in [1.165, 1.54) is 0 Å². The van der Waals surface area contributed by atoms with Crippen LogP contribution in [0.25, 0.3) is 0 Å². The van der Waals surface area contributed by atoms with Gasteiger partial charge < -0.3 is 19.3 Å². The fourth-order valence-corrected chi connectivity index (χ4v) is 3.86. The molecule has 0 N–H and O–H groups in total. The Kier molecular flexibility index (Phi) is 7.55. The van der Waals surface area contributed by atoms with Gasteiger partial charge in [-0.25, -0.2) is 0 Å². The lowest BCUT2D eigenvalue weighted by Gasteiger charge is -2.35. The zero-order valence-electron chi connectivity index (χ0n) is 18.8. The van der Waals surface area contributed by atoms with Gasteiger partial charge in [0.2, 0.25) is 0 Å². The molecule has 31 heavy (non-hydrogen) atoms. The molecule has 6 nitrogen and oxygen atoms in total. The summed E-state index contributed by atoms with van der Waals surface area (Å²) in [7, 11) is 3.40. The van der Waals surface area contributed by atoms with Gasteiger partial charge in [-0.15, -0.1) is 0 Å². The average Bonchev–Trinajstić information content (AvgIpc) is 2.78. The van der Waals surface area contributed by atoms with Gasteiger partial charge in [0, 0.05) is 25.7 Å². The van der Waals surface area contributed by atoms with Gasteiger partial charge in [-0.3, -0.25) is 9.59 Å². The number of nitrogens with zero attached hydrogens (tertiary/aromatic N) is 2. The van der Waals surface area contributed by atoms with Crippen LogP contribution in [0.5, 0.6) is 11.5 Å². The zero-order valence-corrected chi connectivity index (χ0v) is 18.8. The Hall–Kier alpha value is -3.02. The normalized spacial score (nSPS) is 18.0. The minimum absolute atomic E-state index is 0.0315. The first kappa shape index (κ1) is 22.7. The molecule has 0 spiro atoms. The molecule has 0 aromatic heterocycles. The van der Waals surface area contributed by atoms with Gasteiger partial charge in [-0.05, 0) is 49.1 Å². The van der Waals surface area contributed by atoms with E-state index in [0.29, 0.717) is 42.3 Å². The van der Waals surface area contributed by atoms with E-state index in [9.17, 15) is 9.59 Å². The third-order valence-corrected chi connectivity index (χ3v) is 5.76. The van der Waals surface area contributed by atoms with Gasteiger partial charge in [0.15, 0.2) is 0 Å². The first-order valence-electron chi connectivity index (χ1n) is 10.8. The molecule has 6 heteroatoms. The molecule has 0 fully saturated rings. The number of fused-ring (bicyclic) bond motifs is 1. The monoisotopic (exact) mass is 424 g/mol. The number of para-hydroxylation sites is 1. The molecule has 1 aliphatic heterocycles. The molecule has 3 rings (SSSR count). The van der Waals surface area contributed by atoms with Crippen molar-refractivity contribution >= 4 is 11.8 Å². The van der Waals surface area contributed by atoms with Crippen LogP contribution in [-0.2, 0) is 0 Å². The number of hydrogen-bond acceptors (Lipinski definition) is 4. The lowest BCUT2D eigenvalue weighted by molar-refractivity contribution is 0.0515. The Balaban J connectivity index is 1.93. The average molecular weight is 425 g/mol. The lowest BCUT2D eigenvalue weighted by atomic mass is 10.0. The van der Waals surface area contributed by atoms with E-state index in [2.05, 4.69) is 13.8 Å². The summed E-state index contributed by atoms with van der Waals surface area (Å²) in [6.45, 7) is 5.74. The highest BCUT2D eigenvalue weighted by Gasteiger charge is 2.29. The second-order valence-corrected chi connectivity index (χ2v) is 8.28. The molecule has 0 aliphatic carbocycles. The van der Waals surface area contributed by atoms with Crippen LogP contribution in [0.15, 0.2) is 48.5 Å². The molecule has 1 heterocycles. The molecule has 166 valence electrons. The van der Waals surface area contributed by atoms with Crippen molar-refractivity contribution in [2.24, 2.45) is 5.92 Å². The van der Waals surface area contributed by atoms with Crippen molar-refractivity contribution in [3.8, 4) is 11.5 Å². The van der Waals surface area contributed by atoms with Crippen molar-refractivity contribution in [1.29, 1.82) is 0 Å². The molecule has 2 aromatic rings. The Morgan fingerprint density at radius 1 is 1.10 bits per heavy atom. The van der Waals surface area contributed by atoms with Gasteiger partial charge in [0.1, 0.15) is 18.1 Å². The summed E-state index contributed by atoms with van der Waals surface area (Å²) in [5, 5.41) is 0. The lowest BCUT2D eigenvalue weighted by Crippen LogP contribution is -2.47. The van der Waals surface area contributed by atoms with Crippen LogP contribution in [0, 0.1) is 5.92 Å². The maximum Gasteiger partial charge on any atom is 0.257 e. The first-order chi connectivity index (χ1) is 14.9. The molecule has 1 aliphatic rings. The van der Waals surface area contributed by atoms with E-state index < -0.39 is 0 Å². The summed E-state index contributed by atoms with van der Waals surface area (Å²) < 4.78 is 11.5. The highest BCUT2D eigenvalue weighted by Crippen LogP contribution is 2.24. The van der Waals surface area contributed by atoms with Crippen LogP contribution < -0.4 is 9.47 Å². The Bertz CT molecular complexity index is 912. The van der Waals surface area contributed by atoms with Crippen molar-refractivity contribution in [3.05, 3.63) is 59.7 Å². The van der Waals surface area contributed by atoms with Crippen molar-refractivity contribution in [2.75, 3.05) is 33.9 Å². The fraction of sp³-hybridized carbons (Fsp3) is 0.440. The van der Waals surface area contributed by atoms with Crippen LogP contribution in [0.4, 0.5) is 0 Å². The highest BCUT2D eigenvalue weighted by molar-refractivity contribution is 5.97. The first-order valence-corrected chi connectivity index (χ1v) is 10.8. The highest BCUT2D eigenvalue weighted by atomic mass is 16.5. The minimum Gasteiger partial charge on any atom is -0.497 e. The molecule has 2 amide bonds. The number of hydrogen-bond donors (Lipinski definition) is 0. The molecule has 0 saturated heterocycles. The second kappa shape index (κ2) is 10.3. The van der Waals surface area contributed by atoms with E-state index in [4.69, 9.17) is 9.47 Å². The van der Waals surface area contributed by atoms with Crippen LogP contribution >= 0.6 is 0 Å². The largest absolute Gasteiger partial charge is 0.497 e. The molecule has 0 bridgehead atoms. The quantitative estimate of drug-likeness (QED) is 0.744. The zero-order chi connectivity index (χ0) is 22.4. The summed E-state index contributed by atoms with van der Waals surface area (Å²) in [6, 6.07) is 14.5. The molecular formula is C25H32N2O4. The van der Waals surface area contributed by atoms with E-state index in [-0.39, 0.29) is 23.8 Å². The number of benzene rings is 2. The Morgan fingerprint density at radius 2 is 1.84 bits per heavy atom. The number of amides is 2. The molecule has 1 atom stereocenters. The topological polar surface area (TPSA) is 59.1 Å². The van der Waals surface area contributed by atoms with Gasteiger partial charge >= 0.3 is 0 Å². The van der Waals surface area contributed by atoms with Gasteiger partial charge in [0.25, 0.3) is 11.8 Å². The molecular weight excluding hydrogens is 392 g/mol. The summed E-state index contributed by atoms with van der Waals surface area (Å²) in [5.74, 6) is 1.33. The standard InChI is InChI=1S/C25H32N2O4/c1-18(2)22-17-31-23-13-6-5-12-21(23)25(29)26(3)14-7-8-15-27(22)24(28)19-10-9-11-20(16-19)30-4/h5-6,9-13,16,18,22H,7-8,14-15,17H2,1-4H3/t22-/m1/s1. The number of rotatable bonds is 3. The van der Waals surface area contributed by atoms with Crippen molar-refractivity contribution in [3.63, 3.8) is 0 Å². The summed E-state index contributed by atoms with van der Waals surface area (Å²) in [4.78, 5) is 30.0. The van der Waals surface area contributed by atoms with Crippen LogP contribution in [0.1, 0.15) is 47.4 Å². The van der Waals surface area contributed by atoms with Gasteiger partial charge in [0.05, 0.1) is 18.7 Å². The Labute approximate surface area is 184 Å². The predicted molar refractivity (Wildman–Crippen MR) is 121 cm³/mol. The second-order valence-electron chi connectivity index (χ2n) is 8.28. The molecule has 0 saturated carbocycles. The third kappa shape index (κ3) is 5.37. The predicted octanol–water partition coefficient (Wildman–Crippen LogP) is 4.11. The van der Waals surface area contributed by atoms with Crippen LogP contribution in [0.2, 0.25) is 0 Å². The fourth-order valence-electron chi connectivity index (χ4n) is 3.86. The maximum absolute atomic E-state index is 13.5. The van der Waals surface area contributed by atoms with Crippen LogP contribution in [-0.4, -0.2) is 61.5 Å². The van der Waals surface area contributed by atoms with Crippen molar-refractivity contribution < 1.29 is 19.1 Å². The number of carbonyl (C=O) groups excluding carboxylic acids is 2. The third-order valence-electron chi connectivity index (χ3n) is 5.76. The van der Waals surface area contributed by atoms with Crippen LogP contribution in [0.3, 0.4) is 0 Å². The van der Waals surface area contributed by atoms with E-state index in [1.807, 2.05) is 41.3 Å². The SMILES string of the molecule is COc1cccc(C(=O)N2CCCCN(C)C(=O)c3ccccc3OC[C@@H]2C(C)C)c1. The van der Waals surface area contributed by atoms with E-state index in [1.54, 1.807) is 31.2 Å². The molecule has 0 unspecified atom stereocenters. The van der Waals surface area contributed by atoms with E-state index in [0.717, 1.165) is 12.8 Å². The number of ether oxygens (including phenoxy) is 2. The minimum atomic E-state index is -0.126. The molecule has 2 aromatic carbocycles. The van der Waals surface area contributed by atoms with Gasteiger partial charge in [-0.2, -0.15) is 0 Å². The summed E-state index contributed by atoms with van der Waals surface area (Å²) in [5.41, 5.74) is 1.16. The number of methoxy groups -OCH3 is 1. The maximum atomic E-state index is 13.5. The smallest absolute Gasteiger partial charge is 0.257 e. The molecule has 0 radical (unpaired) electrons.